The normalized spacial score (nSPS) is 10.0. The Morgan fingerprint density at radius 2 is 1.76 bits per heavy atom. The Morgan fingerprint density at radius 1 is 1.00 bits per heavy atom. The second-order valence-electron chi connectivity index (χ2n) is 3.50. The molecule has 0 aliphatic rings. The standard InChI is InChI=1S/C13H14N2O2/c1-16-12-6-4-3-5-9(12)11-8-7-10(14)13(15-11)17-2/h3-8H,14H2,1-2H3. The number of nitrogens with zero attached hydrogens (tertiary/aromatic N) is 1. The lowest BCUT2D eigenvalue weighted by molar-refractivity contribution is 0.400. The summed E-state index contributed by atoms with van der Waals surface area (Å²) in [6, 6.07) is 11.3. The number of hydrogen-bond donors (Lipinski definition) is 1. The smallest absolute Gasteiger partial charge is 0.237 e. The zero-order chi connectivity index (χ0) is 12.3. The van der Waals surface area contributed by atoms with Crippen molar-refractivity contribution >= 4 is 5.69 Å². The van der Waals surface area contributed by atoms with E-state index in [0.717, 1.165) is 17.0 Å². The lowest BCUT2D eigenvalue weighted by Crippen LogP contribution is -1.97. The summed E-state index contributed by atoms with van der Waals surface area (Å²) >= 11 is 0. The van der Waals surface area contributed by atoms with Crippen LogP contribution in [0.1, 0.15) is 0 Å². The molecule has 0 aliphatic carbocycles. The Balaban J connectivity index is 2.53. The van der Waals surface area contributed by atoms with Crippen molar-refractivity contribution in [3.8, 4) is 22.9 Å². The Bertz CT molecular complexity index is 527. The summed E-state index contributed by atoms with van der Waals surface area (Å²) < 4.78 is 10.4. The number of nitrogen functional groups attached to an aromatic ring is 1. The van der Waals surface area contributed by atoms with E-state index in [4.69, 9.17) is 15.2 Å². The molecule has 0 fully saturated rings. The van der Waals surface area contributed by atoms with Crippen LogP contribution in [0.5, 0.6) is 11.6 Å². The highest BCUT2D eigenvalue weighted by Gasteiger charge is 2.09. The molecule has 0 saturated heterocycles. The number of anilines is 1. The molecule has 1 aromatic carbocycles. The van der Waals surface area contributed by atoms with E-state index in [1.807, 2.05) is 30.3 Å². The van der Waals surface area contributed by atoms with Crippen molar-refractivity contribution in [2.45, 2.75) is 0 Å². The first-order chi connectivity index (χ1) is 8.26. The van der Waals surface area contributed by atoms with Gasteiger partial charge in [0.05, 0.1) is 25.6 Å². The summed E-state index contributed by atoms with van der Waals surface area (Å²) in [5, 5.41) is 0. The fourth-order valence-electron chi connectivity index (χ4n) is 1.62. The van der Waals surface area contributed by atoms with E-state index < -0.39 is 0 Å². The van der Waals surface area contributed by atoms with E-state index in [9.17, 15) is 0 Å². The van der Waals surface area contributed by atoms with E-state index >= 15 is 0 Å². The number of methoxy groups -OCH3 is 2. The fraction of sp³-hybridized carbons (Fsp3) is 0.154. The third-order valence-corrected chi connectivity index (χ3v) is 2.47. The maximum atomic E-state index is 5.73. The van der Waals surface area contributed by atoms with Crippen molar-refractivity contribution in [3.63, 3.8) is 0 Å². The second-order valence-corrected chi connectivity index (χ2v) is 3.50. The number of para-hydroxylation sites is 1. The highest BCUT2D eigenvalue weighted by atomic mass is 16.5. The van der Waals surface area contributed by atoms with Crippen LogP contribution in [0.3, 0.4) is 0 Å². The van der Waals surface area contributed by atoms with Gasteiger partial charge in [0.1, 0.15) is 5.75 Å². The van der Waals surface area contributed by atoms with Gasteiger partial charge in [-0.15, -0.1) is 0 Å². The summed E-state index contributed by atoms with van der Waals surface area (Å²) in [4.78, 5) is 4.34. The minimum absolute atomic E-state index is 0.424. The van der Waals surface area contributed by atoms with Crippen LogP contribution in [0.2, 0.25) is 0 Å². The molecule has 0 atom stereocenters. The van der Waals surface area contributed by atoms with E-state index in [-0.39, 0.29) is 0 Å². The molecular formula is C13H14N2O2. The van der Waals surface area contributed by atoms with Gasteiger partial charge in [-0.1, -0.05) is 12.1 Å². The molecule has 0 amide bonds. The van der Waals surface area contributed by atoms with Gasteiger partial charge in [-0.25, -0.2) is 4.98 Å². The minimum Gasteiger partial charge on any atom is -0.496 e. The van der Waals surface area contributed by atoms with Gasteiger partial charge in [0.25, 0.3) is 0 Å². The van der Waals surface area contributed by atoms with Gasteiger partial charge < -0.3 is 15.2 Å². The quantitative estimate of drug-likeness (QED) is 0.879. The Kier molecular flexibility index (Phi) is 3.14. The molecule has 2 rings (SSSR count). The predicted molar refractivity (Wildman–Crippen MR) is 67.2 cm³/mol. The molecule has 0 aliphatic heterocycles. The molecule has 2 aromatic rings. The Labute approximate surface area is 100 Å². The highest BCUT2D eigenvalue weighted by Crippen LogP contribution is 2.30. The van der Waals surface area contributed by atoms with Crippen LogP contribution in [0.4, 0.5) is 5.69 Å². The fourth-order valence-corrected chi connectivity index (χ4v) is 1.62. The van der Waals surface area contributed by atoms with Crippen LogP contribution in [0.25, 0.3) is 11.3 Å². The third kappa shape index (κ3) is 2.15. The average molecular weight is 230 g/mol. The monoisotopic (exact) mass is 230 g/mol. The summed E-state index contributed by atoms with van der Waals surface area (Å²) in [6.45, 7) is 0. The predicted octanol–water partition coefficient (Wildman–Crippen LogP) is 2.35. The average Bonchev–Trinajstić information content (AvgIpc) is 2.39. The first-order valence-corrected chi connectivity index (χ1v) is 5.20. The summed E-state index contributed by atoms with van der Waals surface area (Å²) in [6.07, 6.45) is 0. The molecule has 2 N–H and O–H groups in total. The van der Waals surface area contributed by atoms with Crippen molar-refractivity contribution in [1.29, 1.82) is 0 Å². The second kappa shape index (κ2) is 4.74. The zero-order valence-corrected chi connectivity index (χ0v) is 9.81. The lowest BCUT2D eigenvalue weighted by Gasteiger charge is -2.09. The molecule has 88 valence electrons. The van der Waals surface area contributed by atoms with Gasteiger partial charge >= 0.3 is 0 Å². The largest absolute Gasteiger partial charge is 0.496 e. The maximum Gasteiger partial charge on any atom is 0.237 e. The topological polar surface area (TPSA) is 57.4 Å². The number of benzene rings is 1. The van der Waals surface area contributed by atoms with E-state index in [1.165, 1.54) is 0 Å². The molecule has 1 heterocycles. The molecule has 1 aromatic heterocycles. The van der Waals surface area contributed by atoms with Gasteiger partial charge in [-0.2, -0.15) is 0 Å². The van der Waals surface area contributed by atoms with E-state index in [1.54, 1.807) is 20.3 Å². The number of hydrogen-bond acceptors (Lipinski definition) is 4. The highest BCUT2D eigenvalue weighted by molar-refractivity contribution is 5.69. The number of rotatable bonds is 3. The molecule has 4 nitrogen and oxygen atoms in total. The summed E-state index contributed by atoms with van der Waals surface area (Å²) in [5.41, 5.74) is 7.93. The van der Waals surface area contributed by atoms with Crippen molar-refractivity contribution in [3.05, 3.63) is 36.4 Å². The SMILES string of the molecule is COc1ccccc1-c1ccc(N)c(OC)n1. The number of aromatic nitrogens is 1. The van der Waals surface area contributed by atoms with Crippen LogP contribution in [-0.4, -0.2) is 19.2 Å². The van der Waals surface area contributed by atoms with Gasteiger partial charge in [0.2, 0.25) is 5.88 Å². The summed E-state index contributed by atoms with van der Waals surface area (Å²) in [5.74, 6) is 1.19. The Hall–Kier alpha value is -2.23. The maximum absolute atomic E-state index is 5.73. The van der Waals surface area contributed by atoms with E-state index in [0.29, 0.717) is 11.6 Å². The molecule has 0 saturated carbocycles. The molecular weight excluding hydrogens is 216 g/mol. The van der Waals surface area contributed by atoms with Gasteiger partial charge in [0.15, 0.2) is 0 Å². The molecule has 17 heavy (non-hydrogen) atoms. The van der Waals surface area contributed by atoms with Gasteiger partial charge in [-0.3, -0.25) is 0 Å². The third-order valence-electron chi connectivity index (χ3n) is 2.47. The summed E-state index contributed by atoms with van der Waals surface area (Å²) in [7, 11) is 3.18. The first-order valence-electron chi connectivity index (χ1n) is 5.20. The first kappa shape index (κ1) is 11.3. The van der Waals surface area contributed by atoms with E-state index in [2.05, 4.69) is 4.98 Å². The van der Waals surface area contributed by atoms with Crippen LogP contribution in [0.15, 0.2) is 36.4 Å². The van der Waals surface area contributed by atoms with Crippen molar-refractivity contribution in [1.82, 2.24) is 4.98 Å². The van der Waals surface area contributed by atoms with Crippen LogP contribution < -0.4 is 15.2 Å². The van der Waals surface area contributed by atoms with Crippen LogP contribution in [-0.2, 0) is 0 Å². The van der Waals surface area contributed by atoms with Crippen LogP contribution >= 0.6 is 0 Å². The van der Waals surface area contributed by atoms with Crippen LogP contribution in [0, 0.1) is 0 Å². The van der Waals surface area contributed by atoms with Crippen molar-refractivity contribution < 1.29 is 9.47 Å². The molecule has 0 unspecified atom stereocenters. The molecule has 0 radical (unpaired) electrons. The molecule has 4 heteroatoms. The van der Waals surface area contributed by atoms with Crippen molar-refractivity contribution in [2.24, 2.45) is 0 Å². The van der Waals surface area contributed by atoms with Crippen molar-refractivity contribution in [2.75, 3.05) is 20.0 Å². The molecule has 0 bridgehead atoms. The number of nitrogens with two attached hydrogens (primary N) is 1. The minimum atomic E-state index is 0.424. The van der Waals surface area contributed by atoms with Gasteiger partial charge in [-0.05, 0) is 24.3 Å². The lowest BCUT2D eigenvalue weighted by atomic mass is 10.1. The Morgan fingerprint density at radius 3 is 2.47 bits per heavy atom. The number of pyridine rings is 1. The van der Waals surface area contributed by atoms with Gasteiger partial charge in [0, 0.05) is 5.56 Å². The number of ether oxygens (including phenoxy) is 2. The zero-order valence-electron chi connectivity index (χ0n) is 9.81. The molecule has 0 spiro atoms.